The van der Waals surface area contributed by atoms with Gasteiger partial charge in [0.25, 0.3) is 5.91 Å². The number of nitrogens with two attached hydrogens (primary N) is 1. The third kappa shape index (κ3) is 3.85. The molecular weight excluding hydrogens is 318 g/mol. The van der Waals surface area contributed by atoms with Crippen molar-refractivity contribution in [3.63, 3.8) is 0 Å². The maximum absolute atomic E-state index is 12.8. The summed E-state index contributed by atoms with van der Waals surface area (Å²) in [5.41, 5.74) is 9.08. The molecule has 24 heavy (non-hydrogen) atoms. The molecule has 5 heteroatoms. The van der Waals surface area contributed by atoms with Gasteiger partial charge >= 0.3 is 0 Å². The van der Waals surface area contributed by atoms with Gasteiger partial charge in [-0.1, -0.05) is 23.9 Å². The molecule has 0 atom stereocenters. The Hall–Kier alpha value is -2.14. The van der Waals surface area contributed by atoms with E-state index in [1.54, 1.807) is 11.8 Å². The minimum Gasteiger partial charge on any atom is -0.339 e. The maximum Gasteiger partial charge on any atom is 0.254 e. The Morgan fingerprint density at radius 2 is 1.75 bits per heavy atom. The summed E-state index contributed by atoms with van der Waals surface area (Å²) >= 11 is 1.61. The first-order valence-electron chi connectivity index (χ1n) is 8.10. The lowest BCUT2D eigenvalue weighted by atomic mass is 10.1. The van der Waals surface area contributed by atoms with Gasteiger partial charge in [-0.25, -0.2) is 0 Å². The Bertz CT molecular complexity index is 754. The van der Waals surface area contributed by atoms with Crippen LogP contribution in [0, 0.1) is 13.8 Å². The van der Waals surface area contributed by atoms with Crippen LogP contribution in [0.5, 0.6) is 0 Å². The first-order valence-corrected chi connectivity index (χ1v) is 8.91. The number of benzene rings is 2. The molecule has 0 bridgehead atoms. The standard InChI is InChI=1S/C19H23N3OS/c1-5-22(6-2)19(23)15-9-7-8-10-17(15)24-18-12-13(3)16(21-20)11-14(18)4/h7-12,20H,5-6H2,1-4H3/p+1. The van der Waals surface area contributed by atoms with Crippen LogP contribution in [0.25, 0.3) is 0 Å². The van der Waals surface area contributed by atoms with Crippen LogP contribution < -0.4 is 5.53 Å². The summed E-state index contributed by atoms with van der Waals surface area (Å²) in [5.74, 6) is 0.0750. The zero-order valence-electron chi connectivity index (χ0n) is 14.7. The van der Waals surface area contributed by atoms with Gasteiger partial charge in [-0.2, -0.15) is 5.53 Å². The van der Waals surface area contributed by atoms with Crippen molar-refractivity contribution in [2.45, 2.75) is 37.5 Å². The van der Waals surface area contributed by atoms with Crippen LogP contribution >= 0.6 is 11.8 Å². The molecule has 0 aliphatic rings. The second-order valence-corrected chi connectivity index (χ2v) is 6.69. The number of hydrogen-bond donors (Lipinski definition) is 1. The van der Waals surface area contributed by atoms with Crippen LogP contribution in [0.1, 0.15) is 35.3 Å². The van der Waals surface area contributed by atoms with Gasteiger partial charge in [0.15, 0.2) is 0 Å². The quantitative estimate of drug-likeness (QED) is 0.812. The van der Waals surface area contributed by atoms with Crippen molar-refractivity contribution >= 4 is 23.4 Å². The summed E-state index contributed by atoms with van der Waals surface area (Å²) in [4.78, 5) is 16.7. The maximum atomic E-state index is 12.8. The molecule has 4 nitrogen and oxygen atoms in total. The summed E-state index contributed by atoms with van der Waals surface area (Å²) in [6, 6.07) is 11.8. The molecule has 0 spiro atoms. The Balaban J connectivity index is 2.40. The topological polar surface area (TPSA) is 58.3 Å². The summed E-state index contributed by atoms with van der Waals surface area (Å²) in [6.45, 7) is 9.44. The lowest BCUT2D eigenvalue weighted by Gasteiger charge is -2.20. The largest absolute Gasteiger partial charge is 0.339 e. The number of aryl methyl sites for hydroxylation is 2. The average molecular weight is 342 g/mol. The molecule has 0 saturated carbocycles. The van der Waals surface area contributed by atoms with Crippen molar-refractivity contribution < 1.29 is 10.3 Å². The van der Waals surface area contributed by atoms with Crippen LogP contribution in [0.2, 0.25) is 0 Å². The fraction of sp³-hybridized carbons (Fsp3) is 0.316. The molecule has 0 unspecified atom stereocenters. The third-order valence-corrected chi connectivity index (χ3v) is 5.26. The van der Waals surface area contributed by atoms with Crippen molar-refractivity contribution in [2.24, 2.45) is 5.11 Å². The lowest BCUT2D eigenvalue weighted by Crippen LogP contribution is -2.30. The van der Waals surface area contributed by atoms with Crippen LogP contribution in [0.3, 0.4) is 0 Å². The number of amides is 1. The van der Waals surface area contributed by atoms with Crippen molar-refractivity contribution in [2.75, 3.05) is 13.1 Å². The first-order chi connectivity index (χ1) is 11.5. The summed E-state index contributed by atoms with van der Waals surface area (Å²) in [7, 11) is 0. The van der Waals surface area contributed by atoms with Crippen LogP contribution in [0.4, 0.5) is 5.69 Å². The monoisotopic (exact) mass is 342 g/mol. The van der Waals surface area contributed by atoms with Crippen molar-refractivity contribution in [1.82, 2.24) is 4.90 Å². The van der Waals surface area contributed by atoms with Gasteiger partial charge in [-0.15, -0.1) is 0 Å². The fourth-order valence-electron chi connectivity index (χ4n) is 2.56. The van der Waals surface area contributed by atoms with Crippen molar-refractivity contribution in [3.05, 3.63) is 53.1 Å². The number of hydrogen-bond acceptors (Lipinski definition) is 3. The van der Waals surface area contributed by atoms with E-state index in [1.165, 1.54) is 0 Å². The van der Waals surface area contributed by atoms with E-state index in [1.807, 2.05) is 62.9 Å². The molecule has 0 aliphatic carbocycles. The van der Waals surface area contributed by atoms with Gasteiger partial charge < -0.3 is 4.90 Å². The highest BCUT2D eigenvalue weighted by molar-refractivity contribution is 7.99. The Morgan fingerprint density at radius 1 is 1.08 bits per heavy atom. The summed E-state index contributed by atoms with van der Waals surface area (Å²) in [5, 5.41) is 3.80. The molecule has 2 rings (SSSR count). The summed E-state index contributed by atoms with van der Waals surface area (Å²) < 4.78 is 0. The van der Waals surface area contributed by atoms with Crippen molar-refractivity contribution in [3.8, 4) is 0 Å². The van der Waals surface area contributed by atoms with E-state index < -0.39 is 0 Å². The minimum atomic E-state index is 0.0750. The zero-order valence-corrected chi connectivity index (χ0v) is 15.5. The highest BCUT2D eigenvalue weighted by atomic mass is 32.2. The number of rotatable bonds is 6. The van der Waals surface area contributed by atoms with Gasteiger partial charge in [0.2, 0.25) is 0 Å². The molecule has 0 heterocycles. The van der Waals surface area contributed by atoms with Crippen LogP contribution in [0.15, 0.2) is 51.3 Å². The van der Waals surface area contributed by atoms with E-state index in [4.69, 9.17) is 5.53 Å². The predicted octanol–water partition coefficient (Wildman–Crippen LogP) is 3.78. The molecule has 0 saturated heterocycles. The molecule has 1 amide bonds. The summed E-state index contributed by atoms with van der Waals surface area (Å²) in [6.07, 6.45) is 0. The predicted molar refractivity (Wildman–Crippen MR) is 97.7 cm³/mol. The minimum absolute atomic E-state index is 0.0750. The number of carbonyl (C=O) groups excluding carboxylic acids is 1. The van der Waals surface area contributed by atoms with Gasteiger partial charge in [0.05, 0.1) is 5.56 Å². The van der Waals surface area contributed by atoms with Crippen molar-refractivity contribution in [1.29, 1.82) is 0 Å². The molecule has 0 aliphatic heterocycles. The van der Waals surface area contributed by atoms with Crippen LogP contribution in [-0.2, 0) is 0 Å². The highest BCUT2D eigenvalue weighted by Gasteiger charge is 2.17. The molecule has 0 aromatic heterocycles. The molecule has 0 fully saturated rings. The fourth-order valence-corrected chi connectivity index (χ4v) is 3.66. The molecule has 2 N–H and O–H groups in total. The molecule has 126 valence electrons. The van der Waals surface area contributed by atoms with Gasteiger partial charge in [-0.3, -0.25) is 4.79 Å². The Labute approximate surface area is 147 Å². The third-order valence-electron chi connectivity index (χ3n) is 4.02. The number of nitrogens with zero attached hydrogens (tertiary/aromatic N) is 2. The Morgan fingerprint density at radius 3 is 2.38 bits per heavy atom. The van der Waals surface area contributed by atoms with E-state index in [9.17, 15) is 4.79 Å². The first kappa shape index (κ1) is 18.2. The SMILES string of the molecule is CCN(CC)C(=O)c1ccccc1Sc1cc(C)c(N=[NH2+])cc1C. The van der Waals surface area contributed by atoms with Crippen LogP contribution in [-0.4, -0.2) is 23.9 Å². The van der Waals surface area contributed by atoms with E-state index in [0.29, 0.717) is 13.1 Å². The van der Waals surface area contributed by atoms with E-state index in [0.717, 1.165) is 32.2 Å². The zero-order chi connectivity index (χ0) is 17.7. The van der Waals surface area contributed by atoms with E-state index >= 15 is 0 Å². The average Bonchev–Trinajstić information content (AvgIpc) is 2.59. The highest BCUT2D eigenvalue weighted by Crippen LogP contribution is 2.36. The molecule has 2 aromatic rings. The van der Waals surface area contributed by atoms with Gasteiger partial charge in [-0.05, 0) is 68.2 Å². The molecular formula is C19H24N3OS+. The van der Waals surface area contributed by atoms with E-state index in [2.05, 4.69) is 11.2 Å². The van der Waals surface area contributed by atoms with E-state index in [-0.39, 0.29) is 5.91 Å². The number of carbonyl (C=O) groups is 1. The second-order valence-electron chi connectivity index (χ2n) is 5.61. The normalized spacial score (nSPS) is 10.5. The molecule has 0 radical (unpaired) electrons. The smallest absolute Gasteiger partial charge is 0.254 e. The van der Waals surface area contributed by atoms with Gasteiger partial charge in [0.1, 0.15) is 5.69 Å². The second kappa shape index (κ2) is 8.11. The Kier molecular flexibility index (Phi) is 6.15. The molecule has 2 aromatic carbocycles. The van der Waals surface area contributed by atoms with Gasteiger partial charge in [0, 0.05) is 22.9 Å². The lowest BCUT2D eigenvalue weighted by molar-refractivity contribution is -0.210.